The number of nitrogens with zero attached hydrogens (tertiary/aromatic N) is 1. The molecule has 0 N–H and O–H groups in total. The quantitative estimate of drug-likeness (QED) is 0.583. The maximum Gasteiger partial charge on any atom is 0.269 e. The number of fused-ring (bicyclic) bond motifs is 1. The second kappa shape index (κ2) is 5.45. The molecule has 0 bridgehead atoms. The molecular weight excluding hydrogens is 274 g/mol. The lowest BCUT2D eigenvalue weighted by Gasteiger charge is -2.12. The minimum atomic E-state index is 1.32. The van der Waals surface area contributed by atoms with Gasteiger partial charge in [0.25, 0.3) is 4.83 Å². The third-order valence-electron chi connectivity index (χ3n) is 4.13. The van der Waals surface area contributed by atoms with Gasteiger partial charge in [-0.3, -0.25) is 0 Å². The summed E-state index contributed by atoms with van der Waals surface area (Å²) in [5.41, 5.74) is 6.68. The Morgan fingerprint density at radius 1 is 1.05 bits per heavy atom. The van der Waals surface area contributed by atoms with Crippen LogP contribution in [0.15, 0.2) is 41.9 Å². The number of allylic oxidation sites excluding steroid dienone is 1. The monoisotopic (exact) mass is 294 g/mol. The third kappa shape index (κ3) is 2.30. The van der Waals surface area contributed by atoms with Gasteiger partial charge in [0, 0.05) is 11.6 Å². The van der Waals surface area contributed by atoms with Gasteiger partial charge < -0.3 is 0 Å². The first-order valence-electron chi connectivity index (χ1n) is 7.22. The van der Waals surface area contributed by atoms with Gasteiger partial charge in [-0.1, -0.05) is 35.6 Å². The van der Waals surface area contributed by atoms with Crippen LogP contribution in [0, 0.1) is 13.8 Å². The highest BCUT2D eigenvalue weighted by atomic mass is 32.1. The van der Waals surface area contributed by atoms with Crippen LogP contribution in [-0.2, 0) is 7.05 Å². The number of hydrogen-bond acceptors (Lipinski definition) is 1. The van der Waals surface area contributed by atoms with E-state index in [1.807, 2.05) is 0 Å². The topological polar surface area (TPSA) is 3.88 Å². The molecule has 106 valence electrons. The van der Waals surface area contributed by atoms with Gasteiger partial charge in [0.1, 0.15) is 7.05 Å². The first-order valence-corrected chi connectivity index (χ1v) is 8.10. The minimum Gasteiger partial charge on any atom is -0.192 e. The SMILES string of the molecule is CC=Cc1c(-c2cc[n+](C)c3sccc23)ccc(C)c1C. The molecule has 0 aliphatic heterocycles. The molecule has 0 fully saturated rings. The summed E-state index contributed by atoms with van der Waals surface area (Å²) in [4.78, 5) is 1.32. The van der Waals surface area contributed by atoms with Gasteiger partial charge in [-0.25, -0.2) is 0 Å². The fraction of sp³-hybridized carbons (Fsp3) is 0.211. The van der Waals surface area contributed by atoms with Crippen LogP contribution >= 0.6 is 11.3 Å². The number of rotatable bonds is 2. The van der Waals surface area contributed by atoms with Crippen molar-refractivity contribution in [2.75, 3.05) is 0 Å². The van der Waals surface area contributed by atoms with E-state index >= 15 is 0 Å². The van der Waals surface area contributed by atoms with Crippen molar-refractivity contribution >= 4 is 27.6 Å². The van der Waals surface area contributed by atoms with E-state index in [-0.39, 0.29) is 0 Å². The summed E-state index contributed by atoms with van der Waals surface area (Å²) in [7, 11) is 2.11. The van der Waals surface area contributed by atoms with Crippen molar-refractivity contribution in [3.05, 3.63) is 58.6 Å². The van der Waals surface area contributed by atoms with Crippen molar-refractivity contribution in [3.8, 4) is 11.1 Å². The summed E-state index contributed by atoms with van der Waals surface area (Å²) in [6, 6.07) is 8.93. The summed E-state index contributed by atoms with van der Waals surface area (Å²) in [5, 5.41) is 3.50. The molecule has 0 radical (unpaired) electrons. The number of hydrogen-bond donors (Lipinski definition) is 0. The maximum atomic E-state index is 2.25. The lowest BCUT2D eigenvalue weighted by Crippen LogP contribution is -2.26. The summed E-state index contributed by atoms with van der Waals surface area (Å²) in [5.74, 6) is 0. The molecule has 21 heavy (non-hydrogen) atoms. The van der Waals surface area contributed by atoms with Crippen LogP contribution in [0.5, 0.6) is 0 Å². The van der Waals surface area contributed by atoms with E-state index in [2.05, 4.69) is 80.4 Å². The molecule has 3 rings (SSSR count). The zero-order chi connectivity index (χ0) is 15.0. The van der Waals surface area contributed by atoms with E-state index in [9.17, 15) is 0 Å². The average Bonchev–Trinajstić information content (AvgIpc) is 2.96. The van der Waals surface area contributed by atoms with Gasteiger partial charge >= 0.3 is 0 Å². The lowest BCUT2D eigenvalue weighted by molar-refractivity contribution is -0.642. The maximum absolute atomic E-state index is 2.25. The first-order chi connectivity index (χ1) is 10.1. The van der Waals surface area contributed by atoms with Gasteiger partial charge in [0.05, 0.1) is 5.39 Å². The van der Waals surface area contributed by atoms with Crippen LogP contribution < -0.4 is 4.57 Å². The molecule has 2 heterocycles. The number of thiophene rings is 1. The fourth-order valence-electron chi connectivity index (χ4n) is 2.81. The van der Waals surface area contributed by atoms with E-state index in [0.717, 1.165) is 0 Å². The van der Waals surface area contributed by atoms with Crippen LogP contribution in [0.3, 0.4) is 0 Å². The van der Waals surface area contributed by atoms with E-state index in [1.165, 1.54) is 38.0 Å². The Morgan fingerprint density at radius 2 is 1.86 bits per heavy atom. The highest BCUT2D eigenvalue weighted by Crippen LogP contribution is 2.34. The smallest absolute Gasteiger partial charge is 0.192 e. The molecule has 0 spiro atoms. The Kier molecular flexibility index (Phi) is 3.64. The zero-order valence-electron chi connectivity index (χ0n) is 13.0. The molecule has 0 atom stereocenters. The van der Waals surface area contributed by atoms with E-state index < -0.39 is 0 Å². The van der Waals surface area contributed by atoms with Crippen molar-refractivity contribution < 1.29 is 4.57 Å². The number of aryl methyl sites for hydroxylation is 2. The lowest BCUT2D eigenvalue weighted by atomic mass is 9.92. The summed E-state index contributed by atoms with van der Waals surface area (Å²) < 4.78 is 2.19. The molecule has 1 nitrogen and oxygen atoms in total. The van der Waals surface area contributed by atoms with Gasteiger partial charge in [-0.05, 0) is 54.5 Å². The predicted octanol–water partition coefficient (Wildman–Crippen LogP) is 5.04. The van der Waals surface area contributed by atoms with Crippen molar-refractivity contribution in [2.45, 2.75) is 20.8 Å². The van der Waals surface area contributed by atoms with Gasteiger partial charge in [-0.2, -0.15) is 4.57 Å². The Balaban J connectivity index is 2.36. The van der Waals surface area contributed by atoms with Crippen molar-refractivity contribution in [1.82, 2.24) is 0 Å². The number of pyridine rings is 1. The first kappa shape index (κ1) is 14.0. The molecule has 1 aromatic carbocycles. The molecule has 3 aromatic rings. The molecule has 0 saturated heterocycles. The Morgan fingerprint density at radius 3 is 2.62 bits per heavy atom. The van der Waals surface area contributed by atoms with Crippen molar-refractivity contribution in [2.24, 2.45) is 7.05 Å². The molecule has 0 amide bonds. The van der Waals surface area contributed by atoms with Crippen LogP contribution in [0.4, 0.5) is 0 Å². The Labute approximate surface area is 130 Å². The Bertz CT molecular complexity index is 840. The number of benzene rings is 1. The fourth-order valence-corrected chi connectivity index (χ4v) is 3.68. The van der Waals surface area contributed by atoms with Crippen LogP contribution in [0.1, 0.15) is 23.6 Å². The highest BCUT2D eigenvalue weighted by molar-refractivity contribution is 7.16. The van der Waals surface area contributed by atoms with Gasteiger partial charge in [0.15, 0.2) is 6.20 Å². The van der Waals surface area contributed by atoms with E-state index in [4.69, 9.17) is 0 Å². The summed E-state index contributed by atoms with van der Waals surface area (Å²) in [6.07, 6.45) is 6.50. The van der Waals surface area contributed by atoms with Gasteiger partial charge in [0.2, 0.25) is 0 Å². The molecular formula is C19H20NS+. The third-order valence-corrected chi connectivity index (χ3v) is 5.13. The van der Waals surface area contributed by atoms with Gasteiger partial charge in [-0.15, -0.1) is 0 Å². The van der Waals surface area contributed by atoms with Crippen molar-refractivity contribution in [3.63, 3.8) is 0 Å². The molecule has 0 saturated carbocycles. The van der Waals surface area contributed by atoms with Crippen LogP contribution in [0.2, 0.25) is 0 Å². The molecule has 0 aliphatic rings. The Hall–Kier alpha value is -1.93. The summed E-state index contributed by atoms with van der Waals surface area (Å²) in [6.45, 7) is 6.47. The van der Waals surface area contributed by atoms with E-state index in [1.54, 1.807) is 11.3 Å². The predicted molar refractivity (Wildman–Crippen MR) is 92.6 cm³/mol. The highest BCUT2D eigenvalue weighted by Gasteiger charge is 2.15. The minimum absolute atomic E-state index is 1.32. The van der Waals surface area contributed by atoms with E-state index in [0.29, 0.717) is 0 Å². The largest absolute Gasteiger partial charge is 0.269 e. The second-order valence-corrected chi connectivity index (χ2v) is 6.34. The normalized spacial score (nSPS) is 11.6. The second-order valence-electron chi connectivity index (χ2n) is 5.45. The van der Waals surface area contributed by atoms with Crippen LogP contribution in [0.25, 0.3) is 27.4 Å². The molecule has 2 heteroatoms. The van der Waals surface area contributed by atoms with Crippen LogP contribution in [-0.4, -0.2) is 0 Å². The average molecular weight is 294 g/mol. The molecule has 0 aliphatic carbocycles. The standard InChI is InChI=1S/C19H20NS/c1-5-6-15-14(3)13(2)7-8-16(15)17-9-11-20(4)19-18(17)10-12-21-19/h5-12H,1-4H3/q+1. The molecule has 0 unspecified atom stereocenters. The number of aromatic nitrogens is 1. The zero-order valence-corrected chi connectivity index (χ0v) is 13.8. The van der Waals surface area contributed by atoms with Crippen molar-refractivity contribution in [1.29, 1.82) is 0 Å². The summed E-state index contributed by atoms with van der Waals surface area (Å²) >= 11 is 1.79. The molecule has 2 aromatic heterocycles.